The molecule has 20 heavy (non-hydrogen) atoms. The summed E-state index contributed by atoms with van der Waals surface area (Å²) >= 11 is 12.3. The molecule has 1 aliphatic heterocycles. The van der Waals surface area contributed by atoms with Crippen molar-refractivity contribution in [3.8, 4) is 5.75 Å². The van der Waals surface area contributed by atoms with Crippen LogP contribution in [0.2, 0.25) is 10.0 Å². The minimum absolute atomic E-state index is 0.581. The predicted octanol–water partition coefficient (Wildman–Crippen LogP) is 3.48. The highest BCUT2D eigenvalue weighted by Crippen LogP contribution is 2.32. The summed E-state index contributed by atoms with van der Waals surface area (Å²) in [5.41, 5.74) is 1.03. The van der Waals surface area contributed by atoms with Crippen molar-refractivity contribution < 1.29 is 4.74 Å². The molecule has 112 valence electrons. The SMILES string of the molecule is CCOc1c(Cl)cc(Cl)cc1CNCC1CCNCC1. The van der Waals surface area contributed by atoms with E-state index in [9.17, 15) is 0 Å². The highest BCUT2D eigenvalue weighted by atomic mass is 35.5. The van der Waals surface area contributed by atoms with E-state index in [0.717, 1.165) is 43.4 Å². The van der Waals surface area contributed by atoms with Gasteiger partial charge in [-0.1, -0.05) is 23.2 Å². The fourth-order valence-corrected chi connectivity index (χ4v) is 3.14. The van der Waals surface area contributed by atoms with Gasteiger partial charge in [0, 0.05) is 17.1 Å². The number of piperidine rings is 1. The number of benzene rings is 1. The van der Waals surface area contributed by atoms with E-state index in [1.54, 1.807) is 6.07 Å². The number of halogens is 2. The Morgan fingerprint density at radius 3 is 2.75 bits per heavy atom. The van der Waals surface area contributed by atoms with Crippen LogP contribution in [0.1, 0.15) is 25.3 Å². The minimum atomic E-state index is 0.581. The summed E-state index contributed by atoms with van der Waals surface area (Å²) in [5.74, 6) is 1.50. The first-order chi connectivity index (χ1) is 9.70. The zero-order valence-electron chi connectivity index (χ0n) is 11.8. The summed E-state index contributed by atoms with van der Waals surface area (Å²) in [7, 11) is 0. The van der Waals surface area contributed by atoms with Crippen molar-refractivity contribution in [2.75, 3.05) is 26.2 Å². The maximum Gasteiger partial charge on any atom is 0.142 e. The van der Waals surface area contributed by atoms with Gasteiger partial charge < -0.3 is 15.4 Å². The number of nitrogens with one attached hydrogen (secondary N) is 2. The highest BCUT2D eigenvalue weighted by molar-refractivity contribution is 6.35. The van der Waals surface area contributed by atoms with Crippen LogP contribution in [0.25, 0.3) is 0 Å². The molecule has 0 aromatic heterocycles. The van der Waals surface area contributed by atoms with Crippen LogP contribution >= 0.6 is 23.2 Å². The summed E-state index contributed by atoms with van der Waals surface area (Å²) in [5, 5.41) is 8.11. The molecule has 0 spiro atoms. The van der Waals surface area contributed by atoms with Crippen molar-refractivity contribution in [1.29, 1.82) is 0 Å². The molecule has 5 heteroatoms. The van der Waals surface area contributed by atoms with Gasteiger partial charge in [-0.3, -0.25) is 0 Å². The van der Waals surface area contributed by atoms with Crippen LogP contribution in [0.15, 0.2) is 12.1 Å². The van der Waals surface area contributed by atoms with Gasteiger partial charge in [0.05, 0.1) is 11.6 Å². The molecule has 0 atom stereocenters. The lowest BCUT2D eigenvalue weighted by Gasteiger charge is -2.23. The Labute approximate surface area is 131 Å². The first-order valence-electron chi connectivity index (χ1n) is 7.23. The number of ether oxygens (including phenoxy) is 1. The molecule has 1 heterocycles. The molecule has 0 saturated carbocycles. The van der Waals surface area contributed by atoms with E-state index in [0.29, 0.717) is 16.7 Å². The topological polar surface area (TPSA) is 33.3 Å². The largest absolute Gasteiger partial charge is 0.492 e. The third-order valence-electron chi connectivity index (χ3n) is 3.58. The molecule has 0 radical (unpaired) electrons. The van der Waals surface area contributed by atoms with Gasteiger partial charge in [0.1, 0.15) is 5.75 Å². The van der Waals surface area contributed by atoms with Gasteiger partial charge in [-0.05, 0) is 57.5 Å². The molecule has 0 aliphatic carbocycles. The summed E-state index contributed by atoms with van der Waals surface area (Å²) in [6.07, 6.45) is 2.48. The molecule has 0 unspecified atom stereocenters. The smallest absolute Gasteiger partial charge is 0.142 e. The molecule has 3 nitrogen and oxygen atoms in total. The lowest BCUT2D eigenvalue weighted by Crippen LogP contribution is -2.33. The molecule has 2 rings (SSSR count). The van der Waals surface area contributed by atoms with Gasteiger partial charge in [0.15, 0.2) is 0 Å². The van der Waals surface area contributed by atoms with E-state index >= 15 is 0 Å². The normalized spacial score (nSPS) is 16.4. The fourth-order valence-electron chi connectivity index (χ4n) is 2.55. The molecule has 0 bridgehead atoms. The number of hydrogen-bond donors (Lipinski definition) is 2. The first kappa shape index (κ1) is 15.9. The monoisotopic (exact) mass is 316 g/mol. The summed E-state index contributed by atoms with van der Waals surface area (Å²) < 4.78 is 5.62. The minimum Gasteiger partial charge on any atom is -0.492 e. The molecule has 1 fully saturated rings. The van der Waals surface area contributed by atoms with Crippen molar-refractivity contribution in [2.24, 2.45) is 5.92 Å². The zero-order chi connectivity index (χ0) is 14.4. The Hall–Kier alpha value is -0.480. The van der Waals surface area contributed by atoms with Crippen molar-refractivity contribution in [1.82, 2.24) is 10.6 Å². The maximum atomic E-state index is 6.20. The molecule has 2 N–H and O–H groups in total. The lowest BCUT2D eigenvalue weighted by atomic mass is 9.98. The number of hydrogen-bond acceptors (Lipinski definition) is 3. The summed E-state index contributed by atoms with van der Waals surface area (Å²) in [6.45, 7) is 6.57. The average Bonchev–Trinajstić information content (AvgIpc) is 2.43. The van der Waals surface area contributed by atoms with Crippen molar-refractivity contribution in [2.45, 2.75) is 26.3 Å². The Balaban J connectivity index is 1.93. The van der Waals surface area contributed by atoms with Crippen molar-refractivity contribution in [3.63, 3.8) is 0 Å². The second kappa shape index (κ2) is 8.08. The standard InChI is InChI=1S/C15H22Cl2N2O/c1-2-20-15-12(7-13(16)8-14(15)17)10-19-9-11-3-5-18-6-4-11/h7-8,11,18-19H,2-6,9-10H2,1H3. The predicted molar refractivity (Wildman–Crippen MR) is 84.9 cm³/mol. The highest BCUT2D eigenvalue weighted by Gasteiger charge is 2.14. The molecular formula is C15H22Cl2N2O. The van der Waals surface area contributed by atoms with E-state index in [2.05, 4.69) is 10.6 Å². The Morgan fingerprint density at radius 1 is 1.30 bits per heavy atom. The van der Waals surface area contributed by atoms with Crippen LogP contribution in [0.4, 0.5) is 0 Å². The Kier molecular flexibility index (Phi) is 6.43. The van der Waals surface area contributed by atoms with Gasteiger partial charge in [0.2, 0.25) is 0 Å². The maximum absolute atomic E-state index is 6.20. The number of rotatable bonds is 6. The van der Waals surface area contributed by atoms with Crippen LogP contribution in [-0.2, 0) is 6.54 Å². The lowest BCUT2D eigenvalue weighted by molar-refractivity contribution is 0.331. The average molecular weight is 317 g/mol. The Bertz CT molecular complexity index is 434. The molecule has 1 aromatic rings. The van der Waals surface area contributed by atoms with E-state index in [4.69, 9.17) is 27.9 Å². The second-order valence-corrected chi connectivity index (χ2v) is 5.98. The third kappa shape index (κ3) is 4.52. The quantitative estimate of drug-likeness (QED) is 0.843. The molecular weight excluding hydrogens is 295 g/mol. The molecule has 0 amide bonds. The van der Waals surface area contributed by atoms with Crippen LogP contribution < -0.4 is 15.4 Å². The van der Waals surface area contributed by atoms with Gasteiger partial charge >= 0.3 is 0 Å². The second-order valence-electron chi connectivity index (χ2n) is 5.13. The van der Waals surface area contributed by atoms with Gasteiger partial charge in [-0.2, -0.15) is 0 Å². The van der Waals surface area contributed by atoms with Crippen molar-refractivity contribution in [3.05, 3.63) is 27.7 Å². The van der Waals surface area contributed by atoms with Crippen molar-refractivity contribution >= 4 is 23.2 Å². The van der Waals surface area contributed by atoms with E-state index in [-0.39, 0.29) is 0 Å². The fraction of sp³-hybridized carbons (Fsp3) is 0.600. The van der Waals surface area contributed by atoms with Gasteiger partial charge in [-0.15, -0.1) is 0 Å². The van der Waals surface area contributed by atoms with Gasteiger partial charge in [0.25, 0.3) is 0 Å². The van der Waals surface area contributed by atoms with Crippen LogP contribution in [-0.4, -0.2) is 26.2 Å². The molecule has 1 aromatic carbocycles. The van der Waals surface area contributed by atoms with Crippen LogP contribution in [0, 0.1) is 5.92 Å². The first-order valence-corrected chi connectivity index (χ1v) is 7.98. The zero-order valence-corrected chi connectivity index (χ0v) is 13.4. The third-order valence-corrected chi connectivity index (χ3v) is 4.08. The Morgan fingerprint density at radius 2 is 2.05 bits per heavy atom. The van der Waals surface area contributed by atoms with E-state index < -0.39 is 0 Å². The van der Waals surface area contributed by atoms with Gasteiger partial charge in [-0.25, -0.2) is 0 Å². The van der Waals surface area contributed by atoms with Crippen LogP contribution in [0.3, 0.4) is 0 Å². The summed E-state index contributed by atoms with van der Waals surface area (Å²) in [4.78, 5) is 0. The van der Waals surface area contributed by atoms with E-state index in [1.807, 2.05) is 13.0 Å². The van der Waals surface area contributed by atoms with E-state index in [1.165, 1.54) is 12.8 Å². The molecule has 1 aliphatic rings. The summed E-state index contributed by atoms with van der Waals surface area (Å²) in [6, 6.07) is 3.65. The molecule has 1 saturated heterocycles. The van der Waals surface area contributed by atoms with Crippen LogP contribution in [0.5, 0.6) is 5.75 Å².